The monoisotopic (exact) mass is 279 g/mol. The van der Waals surface area contributed by atoms with Gasteiger partial charge >= 0.3 is 0 Å². The van der Waals surface area contributed by atoms with Crippen LogP contribution in [0.1, 0.15) is 31.7 Å². The van der Waals surface area contributed by atoms with E-state index in [0.29, 0.717) is 6.54 Å². The van der Waals surface area contributed by atoms with Crippen LogP contribution >= 0.6 is 0 Å². The Morgan fingerprint density at radius 1 is 1.00 bits per heavy atom. The number of hydrogen-bond acceptors (Lipinski definition) is 1. The van der Waals surface area contributed by atoms with E-state index in [4.69, 9.17) is 0 Å². The first kappa shape index (κ1) is 13.9. The van der Waals surface area contributed by atoms with Crippen LogP contribution in [0.3, 0.4) is 0 Å². The molecular formula is C19H21NO. The van der Waals surface area contributed by atoms with Crippen molar-refractivity contribution in [3.63, 3.8) is 0 Å². The largest absolute Gasteiger partial charge is 0.352 e. The van der Waals surface area contributed by atoms with Gasteiger partial charge in [-0.15, -0.1) is 0 Å². The molecule has 108 valence electrons. The van der Waals surface area contributed by atoms with Gasteiger partial charge in [-0.3, -0.25) is 4.79 Å². The molecule has 1 aliphatic carbocycles. The Balaban J connectivity index is 1.61. The van der Waals surface area contributed by atoms with Crippen molar-refractivity contribution >= 4 is 5.91 Å². The number of amides is 1. The van der Waals surface area contributed by atoms with Gasteiger partial charge in [-0.25, -0.2) is 0 Å². The lowest BCUT2D eigenvalue weighted by Gasteiger charge is -2.36. The number of benzene rings is 2. The first-order valence-electron chi connectivity index (χ1n) is 7.60. The lowest BCUT2D eigenvalue weighted by molar-refractivity contribution is -0.134. The van der Waals surface area contributed by atoms with Crippen LogP contribution in [0.15, 0.2) is 54.6 Å². The van der Waals surface area contributed by atoms with Crippen molar-refractivity contribution in [2.45, 2.75) is 32.7 Å². The average molecular weight is 279 g/mol. The predicted molar refractivity (Wildman–Crippen MR) is 85.7 cm³/mol. The Bertz CT molecular complexity index is 612. The normalized spacial score (nSPS) is 16.0. The van der Waals surface area contributed by atoms with Crippen LogP contribution in [-0.2, 0) is 11.3 Å². The highest BCUT2D eigenvalue weighted by molar-refractivity contribution is 5.83. The molecule has 1 amide bonds. The van der Waals surface area contributed by atoms with Crippen LogP contribution in [-0.4, -0.2) is 5.91 Å². The van der Waals surface area contributed by atoms with E-state index in [9.17, 15) is 4.79 Å². The van der Waals surface area contributed by atoms with Crippen LogP contribution < -0.4 is 5.32 Å². The van der Waals surface area contributed by atoms with Gasteiger partial charge in [0.1, 0.15) is 0 Å². The second-order valence-corrected chi connectivity index (χ2v) is 6.16. The summed E-state index contributed by atoms with van der Waals surface area (Å²) in [6.07, 6.45) is 3.22. The van der Waals surface area contributed by atoms with Crippen molar-refractivity contribution < 1.29 is 4.79 Å². The summed E-state index contributed by atoms with van der Waals surface area (Å²) in [5, 5.41) is 3.06. The molecule has 0 radical (unpaired) electrons. The number of carbonyl (C=O) groups is 1. The van der Waals surface area contributed by atoms with Crippen molar-refractivity contribution in [2.24, 2.45) is 5.41 Å². The average Bonchev–Trinajstić information content (AvgIpc) is 2.51. The van der Waals surface area contributed by atoms with Gasteiger partial charge in [0.25, 0.3) is 0 Å². The SMILES string of the molecule is CC1(C(=O)NCc2ccc(-c3ccccc3)cc2)CCC1. The van der Waals surface area contributed by atoms with E-state index >= 15 is 0 Å². The molecule has 21 heavy (non-hydrogen) atoms. The molecule has 1 aliphatic rings. The Labute approximate surface area is 126 Å². The molecule has 0 bridgehead atoms. The number of hydrogen-bond donors (Lipinski definition) is 1. The Morgan fingerprint density at radius 2 is 1.62 bits per heavy atom. The highest BCUT2D eigenvalue weighted by Crippen LogP contribution is 2.40. The molecule has 2 aromatic carbocycles. The minimum Gasteiger partial charge on any atom is -0.352 e. The van der Waals surface area contributed by atoms with Gasteiger partial charge in [0.15, 0.2) is 0 Å². The van der Waals surface area contributed by atoms with Gasteiger partial charge in [-0.05, 0) is 29.5 Å². The lowest BCUT2D eigenvalue weighted by atomic mass is 9.70. The van der Waals surface area contributed by atoms with E-state index in [1.807, 2.05) is 18.2 Å². The first-order chi connectivity index (χ1) is 10.2. The summed E-state index contributed by atoms with van der Waals surface area (Å²) < 4.78 is 0. The Hall–Kier alpha value is -2.09. The molecule has 1 saturated carbocycles. The molecule has 0 atom stereocenters. The van der Waals surface area contributed by atoms with Gasteiger partial charge in [-0.2, -0.15) is 0 Å². The Morgan fingerprint density at radius 3 is 2.19 bits per heavy atom. The molecule has 0 aliphatic heterocycles. The topological polar surface area (TPSA) is 29.1 Å². The summed E-state index contributed by atoms with van der Waals surface area (Å²) >= 11 is 0. The molecule has 1 fully saturated rings. The van der Waals surface area contributed by atoms with E-state index in [-0.39, 0.29) is 11.3 Å². The van der Waals surface area contributed by atoms with Crippen molar-refractivity contribution in [3.8, 4) is 11.1 Å². The van der Waals surface area contributed by atoms with E-state index in [0.717, 1.165) is 18.4 Å². The molecule has 0 heterocycles. The van der Waals surface area contributed by atoms with Gasteiger partial charge in [0.05, 0.1) is 0 Å². The molecular weight excluding hydrogens is 258 g/mol. The maximum Gasteiger partial charge on any atom is 0.226 e. The fraction of sp³-hybridized carbons (Fsp3) is 0.316. The summed E-state index contributed by atoms with van der Waals surface area (Å²) in [5.74, 6) is 0.195. The zero-order valence-corrected chi connectivity index (χ0v) is 12.4. The molecule has 2 heteroatoms. The molecule has 0 unspecified atom stereocenters. The predicted octanol–water partition coefficient (Wildman–Crippen LogP) is 4.16. The maximum absolute atomic E-state index is 12.1. The summed E-state index contributed by atoms with van der Waals surface area (Å²) in [7, 11) is 0. The molecule has 0 saturated heterocycles. The zero-order chi connectivity index (χ0) is 14.7. The van der Waals surface area contributed by atoms with E-state index in [1.165, 1.54) is 17.5 Å². The standard InChI is InChI=1S/C19H21NO/c1-19(12-5-13-19)18(21)20-14-15-8-10-17(11-9-15)16-6-3-2-4-7-16/h2-4,6-11H,5,12-14H2,1H3,(H,20,21). The van der Waals surface area contributed by atoms with Gasteiger partial charge in [0, 0.05) is 12.0 Å². The van der Waals surface area contributed by atoms with Gasteiger partial charge in [-0.1, -0.05) is 67.9 Å². The quantitative estimate of drug-likeness (QED) is 0.894. The second-order valence-electron chi connectivity index (χ2n) is 6.16. The minimum atomic E-state index is -0.121. The third-order valence-electron chi connectivity index (χ3n) is 4.52. The van der Waals surface area contributed by atoms with Gasteiger partial charge in [0.2, 0.25) is 5.91 Å². The van der Waals surface area contributed by atoms with Crippen molar-refractivity contribution in [2.75, 3.05) is 0 Å². The molecule has 2 nitrogen and oxygen atoms in total. The second kappa shape index (κ2) is 5.72. The summed E-state index contributed by atoms with van der Waals surface area (Å²) in [4.78, 5) is 12.1. The Kier molecular flexibility index (Phi) is 3.78. The smallest absolute Gasteiger partial charge is 0.226 e. The van der Waals surface area contributed by atoms with E-state index in [1.54, 1.807) is 0 Å². The van der Waals surface area contributed by atoms with E-state index in [2.05, 4.69) is 48.6 Å². The number of carbonyl (C=O) groups excluding carboxylic acids is 1. The molecule has 2 aromatic rings. The fourth-order valence-corrected chi connectivity index (χ4v) is 2.78. The van der Waals surface area contributed by atoms with Crippen molar-refractivity contribution in [1.29, 1.82) is 0 Å². The van der Waals surface area contributed by atoms with Crippen LogP contribution in [0, 0.1) is 5.41 Å². The highest BCUT2D eigenvalue weighted by atomic mass is 16.2. The minimum absolute atomic E-state index is 0.121. The fourth-order valence-electron chi connectivity index (χ4n) is 2.78. The molecule has 0 spiro atoms. The molecule has 1 N–H and O–H groups in total. The van der Waals surface area contributed by atoms with Crippen LogP contribution in [0.2, 0.25) is 0 Å². The molecule has 0 aromatic heterocycles. The van der Waals surface area contributed by atoms with Crippen molar-refractivity contribution in [3.05, 3.63) is 60.2 Å². The molecule has 3 rings (SSSR count). The summed E-state index contributed by atoms with van der Waals surface area (Å²) in [6.45, 7) is 2.67. The van der Waals surface area contributed by atoms with Crippen molar-refractivity contribution in [1.82, 2.24) is 5.32 Å². The first-order valence-corrected chi connectivity index (χ1v) is 7.60. The maximum atomic E-state index is 12.1. The van der Waals surface area contributed by atoms with Crippen LogP contribution in [0.5, 0.6) is 0 Å². The summed E-state index contributed by atoms with van der Waals surface area (Å²) in [6, 6.07) is 18.7. The third-order valence-corrected chi connectivity index (χ3v) is 4.52. The highest BCUT2D eigenvalue weighted by Gasteiger charge is 2.38. The third kappa shape index (κ3) is 2.99. The number of nitrogens with one attached hydrogen (secondary N) is 1. The summed E-state index contributed by atoms with van der Waals surface area (Å²) in [5.41, 5.74) is 3.45. The van der Waals surface area contributed by atoms with Gasteiger partial charge < -0.3 is 5.32 Å². The van der Waals surface area contributed by atoms with Crippen LogP contribution in [0.25, 0.3) is 11.1 Å². The van der Waals surface area contributed by atoms with Crippen LogP contribution in [0.4, 0.5) is 0 Å². The number of rotatable bonds is 4. The lowest BCUT2D eigenvalue weighted by Crippen LogP contribution is -2.43. The van der Waals surface area contributed by atoms with E-state index < -0.39 is 0 Å². The zero-order valence-electron chi connectivity index (χ0n) is 12.4.